The average Bonchev–Trinajstić information content (AvgIpc) is 2.45. The first-order chi connectivity index (χ1) is 9.54. The quantitative estimate of drug-likeness (QED) is 0.812. The van der Waals surface area contributed by atoms with Gasteiger partial charge in [-0.2, -0.15) is 0 Å². The third-order valence-electron chi connectivity index (χ3n) is 2.95. The summed E-state index contributed by atoms with van der Waals surface area (Å²) in [6, 6.07) is 9.68. The zero-order valence-corrected chi connectivity index (χ0v) is 12.4. The van der Waals surface area contributed by atoms with E-state index in [4.69, 9.17) is 0 Å². The molecule has 0 saturated carbocycles. The van der Waals surface area contributed by atoms with Gasteiger partial charge in [0.15, 0.2) is 0 Å². The molecule has 0 aliphatic heterocycles. The minimum absolute atomic E-state index is 0.0806. The van der Waals surface area contributed by atoms with Crippen molar-refractivity contribution in [2.75, 3.05) is 38.6 Å². The van der Waals surface area contributed by atoms with E-state index >= 15 is 0 Å². The number of anilines is 1. The Morgan fingerprint density at radius 3 is 2.35 bits per heavy atom. The highest BCUT2D eigenvalue weighted by Gasteiger charge is 2.14. The molecule has 110 valence electrons. The van der Waals surface area contributed by atoms with Gasteiger partial charge in [0, 0.05) is 26.3 Å². The van der Waals surface area contributed by atoms with Crippen molar-refractivity contribution in [3.05, 3.63) is 30.3 Å². The van der Waals surface area contributed by atoms with E-state index in [1.165, 1.54) is 4.90 Å². The monoisotopic (exact) mass is 277 g/mol. The van der Waals surface area contributed by atoms with Crippen LogP contribution in [-0.4, -0.2) is 50.4 Å². The van der Waals surface area contributed by atoms with Crippen molar-refractivity contribution in [2.45, 2.75) is 13.3 Å². The van der Waals surface area contributed by atoms with Crippen LogP contribution in [0, 0.1) is 0 Å². The predicted molar refractivity (Wildman–Crippen MR) is 80.6 cm³/mol. The third kappa shape index (κ3) is 5.30. The van der Waals surface area contributed by atoms with Gasteiger partial charge in [0.05, 0.1) is 13.1 Å². The minimum atomic E-state index is -0.120. The number of rotatable bonds is 7. The highest BCUT2D eigenvalue weighted by Crippen LogP contribution is 2.10. The predicted octanol–water partition coefficient (Wildman–Crippen LogP) is 1.11. The molecule has 0 aromatic heterocycles. The van der Waals surface area contributed by atoms with Crippen LogP contribution in [0.1, 0.15) is 13.3 Å². The Morgan fingerprint density at radius 1 is 1.10 bits per heavy atom. The molecule has 0 aliphatic rings. The fourth-order valence-electron chi connectivity index (χ4n) is 1.72. The van der Waals surface area contributed by atoms with Gasteiger partial charge in [-0.25, -0.2) is 0 Å². The molecule has 0 aliphatic carbocycles. The molecule has 5 nitrogen and oxygen atoms in total. The zero-order chi connectivity index (χ0) is 15.0. The van der Waals surface area contributed by atoms with Crippen LogP contribution in [0.5, 0.6) is 0 Å². The van der Waals surface area contributed by atoms with E-state index in [9.17, 15) is 9.59 Å². The number of carbonyl (C=O) groups is 2. The molecular weight excluding hydrogens is 254 g/mol. The molecule has 1 rings (SSSR count). The lowest BCUT2D eigenvalue weighted by molar-refractivity contribution is -0.133. The Morgan fingerprint density at radius 2 is 1.75 bits per heavy atom. The summed E-state index contributed by atoms with van der Waals surface area (Å²) < 4.78 is 0. The lowest BCUT2D eigenvalue weighted by Crippen LogP contribution is -2.42. The molecule has 1 aromatic rings. The van der Waals surface area contributed by atoms with Crippen LogP contribution in [0.2, 0.25) is 0 Å². The molecule has 2 amide bonds. The van der Waals surface area contributed by atoms with Gasteiger partial charge in [0.2, 0.25) is 11.8 Å². The van der Waals surface area contributed by atoms with Crippen LogP contribution in [0.25, 0.3) is 0 Å². The number of amides is 2. The third-order valence-corrected chi connectivity index (χ3v) is 2.95. The Bertz CT molecular complexity index is 434. The maximum Gasteiger partial charge on any atom is 0.242 e. The van der Waals surface area contributed by atoms with E-state index in [0.717, 1.165) is 12.1 Å². The van der Waals surface area contributed by atoms with Crippen LogP contribution in [0.3, 0.4) is 0 Å². The van der Waals surface area contributed by atoms with E-state index in [0.29, 0.717) is 6.54 Å². The Hall–Kier alpha value is -2.04. The van der Waals surface area contributed by atoms with Crippen molar-refractivity contribution >= 4 is 17.5 Å². The minimum Gasteiger partial charge on any atom is -0.365 e. The van der Waals surface area contributed by atoms with Gasteiger partial charge in [0.1, 0.15) is 0 Å². The molecule has 0 saturated heterocycles. The average molecular weight is 277 g/mol. The maximum absolute atomic E-state index is 12.0. The van der Waals surface area contributed by atoms with Gasteiger partial charge < -0.3 is 15.1 Å². The highest BCUT2D eigenvalue weighted by atomic mass is 16.2. The summed E-state index contributed by atoms with van der Waals surface area (Å²) in [4.78, 5) is 26.9. The smallest absolute Gasteiger partial charge is 0.242 e. The largest absolute Gasteiger partial charge is 0.365 e. The molecule has 1 aromatic carbocycles. The van der Waals surface area contributed by atoms with E-state index in [1.807, 2.05) is 49.2 Å². The fraction of sp³-hybridized carbons (Fsp3) is 0.467. The number of hydrogen-bond acceptors (Lipinski definition) is 3. The number of nitrogens with one attached hydrogen (secondary N) is 1. The summed E-state index contributed by atoms with van der Waals surface area (Å²) in [5, 5.41) is 2.76. The van der Waals surface area contributed by atoms with Crippen LogP contribution in [0.15, 0.2) is 30.3 Å². The standard InChI is InChI=1S/C15H23N3O2/c1-4-10-16-14(19)11-18(3)15(20)12-17(2)13-8-6-5-7-9-13/h5-9H,4,10-12H2,1-3H3,(H,16,19). The van der Waals surface area contributed by atoms with Crippen molar-refractivity contribution in [3.8, 4) is 0 Å². The summed E-state index contributed by atoms with van der Waals surface area (Å²) >= 11 is 0. The van der Waals surface area contributed by atoms with Crippen molar-refractivity contribution < 1.29 is 9.59 Å². The zero-order valence-electron chi connectivity index (χ0n) is 12.4. The van der Waals surface area contributed by atoms with E-state index in [-0.39, 0.29) is 24.9 Å². The summed E-state index contributed by atoms with van der Waals surface area (Å²) in [5.41, 5.74) is 0.977. The first-order valence-electron chi connectivity index (χ1n) is 6.81. The van der Waals surface area contributed by atoms with Crippen molar-refractivity contribution in [1.82, 2.24) is 10.2 Å². The molecule has 0 atom stereocenters. The lowest BCUT2D eigenvalue weighted by Gasteiger charge is -2.23. The Labute approximate surface area is 120 Å². The number of carbonyl (C=O) groups excluding carboxylic acids is 2. The van der Waals surface area contributed by atoms with Gasteiger partial charge in [-0.3, -0.25) is 9.59 Å². The van der Waals surface area contributed by atoms with Gasteiger partial charge in [0.25, 0.3) is 0 Å². The molecule has 0 spiro atoms. The molecule has 1 N–H and O–H groups in total. The van der Waals surface area contributed by atoms with Gasteiger partial charge in [-0.1, -0.05) is 25.1 Å². The molecule has 0 unspecified atom stereocenters. The van der Waals surface area contributed by atoms with Crippen molar-refractivity contribution in [1.29, 1.82) is 0 Å². The second-order valence-corrected chi connectivity index (χ2v) is 4.79. The fourth-order valence-corrected chi connectivity index (χ4v) is 1.72. The summed E-state index contributed by atoms with van der Waals surface area (Å²) in [6.45, 7) is 2.98. The second kappa shape index (κ2) is 8.19. The van der Waals surface area contributed by atoms with E-state index in [2.05, 4.69) is 5.32 Å². The number of likely N-dealkylation sites (N-methyl/N-ethyl adjacent to an activating group) is 2. The second-order valence-electron chi connectivity index (χ2n) is 4.79. The number of benzene rings is 1. The summed E-state index contributed by atoms with van der Waals surface area (Å²) in [6.07, 6.45) is 0.889. The van der Waals surface area contributed by atoms with Gasteiger partial charge in [-0.05, 0) is 18.6 Å². The first-order valence-corrected chi connectivity index (χ1v) is 6.81. The summed E-state index contributed by atoms with van der Waals surface area (Å²) in [5.74, 6) is -0.201. The molecule has 0 bridgehead atoms. The van der Waals surface area contributed by atoms with Crippen LogP contribution in [0.4, 0.5) is 5.69 Å². The molecule has 5 heteroatoms. The SMILES string of the molecule is CCCNC(=O)CN(C)C(=O)CN(C)c1ccccc1. The van der Waals surface area contributed by atoms with Gasteiger partial charge in [-0.15, -0.1) is 0 Å². The van der Waals surface area contributed by atoms with E-state index < -0.39 is 0 Å². The van der Waals surface area contributed by atoms with Crippen LogP contribution in [-0.2, 0) is 9.59 Å². The number of hydrogen-bond donors (Lipinski definition) is 1. The number of para-hydroxylation sites is 1. The normalized spacial score (nSPS) is 9.95. The first kappa shape index (κ1) is 16.0. The van der Waals surface area contributed by atoms with Crippen molar-refractivity contribution in [3.63, 3.8) is 0 Å². The highest BCUT2D eigenvalue weighted by molar-refractivity contribution is 5.86. The molecular formula is C15H23N3O2. The maximum atomic E-state index is 12.0. The van der Waals surface area contributed by atoms with Gasteiger partial charge >= 0.3 is 0 Å². The molecule has 0 radical (unpaired) electrons. The lowest BCUT2D eigenvalue weighted by atomic mass is 10.3. The van der Waals surface area contributed by atoms with Crippen molar-refractivity contribution in [2.24, 2.45) is 0 Å². The Balaban J connectivity index is 2.43. The Kier molecular flexibility index (Phi) is 6.56. The van der Waals surface area contributed by atoms with Crippen LogP contribution >= 0.6 is 0 Å². The van der Waals surface area contributed by atoms with E-state index in [1.54, 1.807) is 7.05 Å². The molecule has 0 heterocycles. The molecule has 0 fully saturated rings. The summed E-state index contributed by atoms with van der Waals surface area (Å²) in [7, 11) is 3.50. The number of nitrogens with zero attached hydrogens (tertiary/aromatic N) is 2. The topological polar surface area (TPSA) is 52.7 Å². The molecule has 20 heavy (non-hydrogen) atoms. The van der Waals surface area contributed by atoms with Crippen LogP contribution < -0.4 is 10.2 Å².